The maximum Gasteiger partial charge on any atom is 0.407 e. The number of rotatable bonds is 2. The molecule has 1 N–H and O–H groups in total. The van der Waals surface area contributed by atoms with E-state index in [0.29, 0.717) is 12.4 Å². The van der Waals surface area contributed by atoms with Crippen molar-refractivity contribution in [3.63, 3.8) is 0 Å². The number of benzene rings is 1. The number of carbonyl (C=O) groups excluding carboxylic acids is 2. The average Bonchev–Trinajstić information content (AvgIpc) is 2.65. The van der Waals surface area contributed by atoms with Crippen molar-refractivity contribution in [1.29, 1.82) is 0 Å². The second kappa shape index (κ2) is 4.22. The molecule has 0 spiro atoms. The van der Waals surface area contributed by atoms with Crippen LogP contribution >= 0.6 is 0 Å². The molecular formula is C11H11NO4. The summed E-state index contributed by atoms with van der Waals surface area (Å²) < 4.78 is 9.67. The first-order valence-electron chi connectivity index (χ1n) is 4.87. The van der Waals surface area contributed by atoms with E-state index in [-0.39, 0.29) is 12.0 Å². The molecule has 0 aliphatic carbocycles. The Morgan fingerprint density at radius 2 is 2.12 bits per heavy atom. The van der Waals surface area contributed by atoms with Crippen LogP contribution in [0.4, 0.5) is 4.79 Å². The fraction of sp³-hybridized carbons (Fsp3) is 0.273. The number of cyclic esters (lactones) is 1. The van der Waals surface area contributed by atoms with Gasteiger partial charge in [-0.05, 0) is 17.7 Å². The molecule has 0 radical (unpaired) electrons. The van der Waals surface area contributed by atoms with E-state index in [2.05, 4.69) is 5.32 Å². The molecule has 5 heteroatoms. The molecule has 1 heterocycles. The number of carbonyl (C=O) groups is 2. The first-order valence-corrected chi connectivity index (χ1v) is 4.87. The van der Waals surface area contributed by atoms with Crippen molar-refractivity contribution in [2.75, 3.05) is 6.61 Å². The SMILES string of the molecule is CC(=O)Oc1ccc([C@H]2COC(=O)N2)cc1. The van der Waals surface area contributed by atoms with E-state index in [4.69, 9.17) is 9.47 Å². The lowest BCUT2D eigenvalue weighted by molar-refractivity contribution is -0.131. The normalized spacial score (nSPS) is 18.8. The standard InChI is InChI=1S/C11H11NO4/c1-7(13)16-9-4-2-8(3-5-9)10-6-15-11(14)12-10/h2-5,10H,6H2,1H3,(H,12,14)/t10-/m1/s1. The Morgan fingerprint density at radius 3 is 2.62 bits per heavy atom. The van der Waals surface area contributed by atoms with Gasteiger partial charge in [-0.1, -0.05) is 12.1 Å². The zero-order valence-corrected chi connectivity index (χ0v) is 8.73. The second-order valence-electron chi connectivity index (χ2n) is 3.46. The molecule has 16 heavy (non-hydrogen) atoms. The summed E-state index contributed by atoms with van der Waals surface area (Å²) in [6, 6.07) is 6.82. The number of amides is 1. The highest BCUT2D eigenvalue weighted by Crippen LogP contribution is 2.21. The third kappa shape index (κ3) is 2.31. The molecule has 1 fully saturated rings. The molecule has 1 amide bonds. The average molecular weight is 221 g/mol. The van der Waals surface area contributed by atoms with Crippen LogP contribution < -0.4 is 10.1 Å². The molecule has 1 aromatic carbocycles. The van der Waals surface area contributed by atoms with E-state index in [1.165, 1.54) is 6.92 Å². The predicted molar refractivity (Wildman–Crippen MR) is 55.0 cm³/mol. The van der Waals surface area contributed by atoms with Crippen LogP contribution in [0.15, 0.2) is 24.3 Å². The van der Waals surface area contributed by atoms with E-state index < -0.39 is 6.09 Å². The van der Waals surface area contributed by atoms with Gasteiger partial charge in [0.15, 0.2) is 0 Å². The number of ether oxygens (including phenoxy) is 2. The zero-order chi connectivity index (χ0) is 11.5. The second-order valence-corrected chi connectivity index (χ2v) is 3.46. The molecule has 84 valence electrons. The minimum atomic E-state index is -0.408. The lowest BCUT2D eigenvalue weighted by Crippen LogP contribution is -2.18. The number of hydrogen-bond donors (Lipinski definition) is 1. The molecule has 0 aromatic heterocycles. The summed E-state index contributed by atoms with van der Waals surface area (Å²) in [5.74, 6) is 0.131. The summed E-state index contributed by atoms with van der Waals surface area (Å²) >= 11 is 0. The Hall–Kier alpha value is -2.04. The minimum absolute atomic E-state index is 0.126. The Balaban J connectivity index is 2.07. The van der Waals surface area contributed by atoms with Crippen LogP contribution in [-0.4, -0.2) is 18.7 Å². The Bertz CT molecular complexity index is 412. The molecular weight excluding hydrogens is 210 g/mol. The lowest BCUT2D eigenvalue weighted by atomic mass is 10.1. The fourth-order valence-corrected chi connectivity index (χ4v) is 1.50. The van der Waals surface area contributed by atoms with E-state index >= 15 is 0 Å². The van der Waals surface area contributed by atoms with Crippen molar-refractivity contribution < 1.29 is 19.1 Å². The molecule has 0 unspecified atom stereocenters. The molecule has 1 aliphatic rings. The van der Waals surface area contributed by atoms with Crippen LogP contribution in [0.3, 0.4) is 0 Å². The molecule has 0 bridgehead atoms. The van der Waals surface area contributed by atoms with Crippen LogP contribution in [0.1, 0.15) is 18.5 Å². The first-order chi connectivity index (χ1) is 7.65. The van der Waals surface area contributed by atoms with Gasteiger partial charge in [-0.25, -0.2) is 4.79 Å². The van der Waals surface area contributed by atoms with Gasteiger partial charge in [-0.2, -0.15) is 0 Å². The van der Waals surface area contributed by atoms with Crippen LogP contribution in [0, 0.1) is 0 Å². The van der Waals surface area contributed by atoms with E-state index in [9.17, 15) is 9.59 Å². The van der Waals surface area contributed by atoms with E-state index in [0.717, 1.165) is 5.56 Å². The van der Waals surface area contributed by atoms with Crippen LogP contribution in [0.5, 0.6) is 5.75 Å². The third-order valence-corrected chi connectivity index (χ3v) is 2.22. The summed E-state index contributed by atoms with van der Waals surface area (Å²) in [6.45, 7) is 1.67. The minimum Gasteiger partial charge on any atom is -0.447 e. The zero-order valence-electron chi connectivity index (χ0n) is 8.73. The largest absolute Gasteiger partial charge is 0.447 e. The van der Waals surface area contributed by atoms with Gasteiger partial charge in [-0.3, -0.25) is 4.79 Å². The van der Waals surface area contributed by atoms with E-state index in [1.807, 2.05) is 0 Å². The summed E-state index contributed by atoms with van der Waals surface area (Å²) in [5.41, 5.74) is 0.918. The maximum absolute atomic E-state index is 10.8. The van der Waals surface area contributed by atoms with Gasteiger partial charge in [0, 0.05) is 6.92 Å². The third-order valence-electron chi connectivity index (χ3n) is 2.22. The Morgan fingerprint density at radius 1 is 1.44 bits per heavy atom. The molecule has 1 aromatic rings. The van der Waals surface area contributed by atoms with Gasteiger partial charge in [0.05, 0.1) is 6.04 Å². The topological polar surface area (TPSA) is 64.6 Å². The number of esters is 1. The van der Waals surface area contributed by atoms with Crippen molar-refractivity contribution in [2.45, 2.75) is 13.0 Å². The quantitative estimate of drug-likeness (QED) is 0.605. The molecule has 0 saturated carbocycles. The highest BCUT2D eigenvalue weighted by molar-refractivity contribution is 5.70. The van der Waals surface area contributed by atoms with Gasteiger partial charge < -0.3 is 14.8 Å². The van der Waals surface area contributed by atoms with Crippen molar-refractivity contribution >= 4 is 12.1 Å². The van der Waals surface area contributed by atoms with Gasteiger partial charge in [0.1, 0.15) is 12.4 Å². The Labute approximate surface area is 92.4 Å². The summed E-state index contributed by atoms with van der Waals surface area (Å²) in [7, 11) is 0. The van der Waals surface area contributed by atoms with Crippen LogP contribution in [0.25, 0.3) is 0 Å². The number of hydrogen-bond acceptors (Lipinski definition) is 4. The number of nitrogens with one attached hydrogen (secondary N) is 1. The lowest BCUT2D eigenvalue weighted by Gasteiger charge is -2.08. The molecule has 1 aliphatic heterocycles. The smallest absolute Gasteiger partial charge is 0.407 e. The highest BCUT2D eigenvalue weighted by atomic mass is 16.6. The molecule has 1 atom stereocenters. The monoisotopic (exact) mass is 221 g/mol. The first kappa shape index (κ1) is 10.5. The van der Waals surface area contributed by atoms with Gasteiger partial charge in [-0.15, -0.1) is 0 Å². The number of alkyl carbamates (subject to hydrolysis) is 1. The van der Waals surface area contributed by atoms with Crippen LogP contribution in [-0.2, 0) is 9.53 Å². The predicted octanol–water partition coefficient (Wildman–Crippen LogP) is 1.39. The summed E-state index contributed by atoms with van der Waals surface area (Å²) in [6.07, 6.45) is -0.408. The molecule has 1 saturated heterocycles. The van der Waals surface area contributed by atoms with Gasteiger partial charge >= 0.3 is 12.1 Å². The maximum atomic E-state index is 10.8. The fourth-order valence-electron chi connectivity index (χ4n) is 1.50. The Kier molecular flexibility index (Phi) is 2.76. The van der Waals surface area contributed by atoms with Crippen molar-refractivity contribution in [2.24, 2.45) is 0 Å². The van der Waals surface area contributed by atoms with E-state index in [1.54, 1.807) is 24.3 Å². The highest BCUT2D eigenvalue weighted by Gasteiger charge is 2.23. The molecule has 5 nitrogen and oxygen atoms in total. The van der Waals surface area contributed by atoms with Gasteiger partial charge in [0.2, 0.25) is 0 Å². The summed E-state index contributed by atoms with van der Waals surface area (Å²) in [4.78, 5) is 21.5. The van der Waals surface area contributed by atoms with Crippen molar-refractivity contribution in [3.8, 4) is 5.75 Å². The van der Waals surface area contributed by atoms with Gasteiger partial charge in [0.25, 0.3) is 0 Å². The van der Waals surface area contributed by atoms with Crippen molar-refractivity contribution in [1.82, 2.24) is 5.32 Å². The van der Waals surface area contributed by atoms with Crippen molar-refractivity contribution in [3.05, 3.63) is 29.8 Å². The summed E-state index contributed by atoms with van der Waals surface area (Å²) in [5, 5.41) is 2.66. The molecule has 2 rings (SSSR count). The van der Waals surface area contributed by atoms with Crippen LogP contribution in [0.2, 0.25) is 0 Å².